The van der Waals surface area contributed by atoms with Crippen molar-refractivity contribution in [3.8, 4) is 0 Å². The molecule has 1 aliphatic rings. The fourth-order valence-corrected chi connectivity index (χ4v) is 4.37. The Bertz CT molecular complexity index is 762. The van der Waals surface area contributed by atoms with Crippen molar-refractivity contribution in [1.82, 2.24) is 4.31 Å². The van der Waals surface area contributed by atoms with Gasteiger partial charge in [-0.1, -0.05) is 42.5 Å². The Hall–Kier alpha value is -1.76. The van der Waals surface area contributed by atoms with Gasteiger partial charge in [0.15, 0.2) is 0 Å². The lowest BCUT2D eigenvalue weighted by atomic mass is 10.1. The van der Waals surface area contributed by atoms with Crippen LogP contribution < -0.4 is 0 Å². The Balaban J connectivity index is 1.76. The third kappa shape index (κ3) is 3.60. The van der Waals surface area contributed by atoms with Gasteiger partial charge in [0, 0.05) is 6.54 Å². The third-order valence-electron chi connectivity index (χ3n) is 3.90. The molecule has 3 rings (SSSR count). The average molecular weight is 335 g/mol. The van der Waals surface area contributed by atoms with Gasteiger partial charge >= 0.3 is 0 Å². The molecule has 2 aromatic rings. The summed E-state index contributed by atoms with van der Waals surface area (Å²) in [5, 5.41) is 0. The van der Waals surface area contributed by atoms with Crippen LogP contribution in [0.1, 0.15) is 24.2 Å². The topological polar surface area (TPSA) is 46.6 Å². The number of rotatable bonds is 4. The molecule has 0 amide bonds. The van der Waals surface area contributed by atoms with Crippen molar-refractivity contribution in [1.29, 1.82) is 0 Å². The van der Waals surface area contributed by atoms with Crippen LogP contribution >= 0.6 is 0 Å². The molecule has 2 atom stereocenters. The Kier molecular flexibility index (Phi) is 4.48. The van der Waals surface area contributed by atoms with Gasteiger partial charge in [-0.3, -0.25) is 0 Å². The second kappa shape index (κ2) is 6.39. The smallest absolute Gasteiger partial charge is 0.220 e. The standard InChI is InChI=1S/C17H18FNO3S/c1-13-19(11-17(22-13)15-5-3-2-4-6-15)23(20,21)12-14-7-9-16(18)10-8-14/h2-10,13,17H,11-12H2,1H3. The summed E-state index contributed by atoms with van der Waals surface area (Å²) in [6.07, 6.45) is -0.792. The second-order valence-electron chi connectivity index (χ2n) is 5.59. The van der Waals surface area contributed by atoms with Gasteiger partial charge in [-0.25, -0.2) is 12.8 Å². The van der Waals surface area contributed by atoms with E-state index >= 15 is 0 Å². The highest BCUT2D eigenvalue weighted by atomic mass is 32.2. The maximum Gasteiger partial charge on any atom is 0.220 e. The minimum Gasteiger partial charge on any atom is -0.353 e. The first-order valence-electron chi connectivity index (χ1n) is 7.40. The van der Waals surface area contributed by atoms with Gasteiger partial charge in [0.05, 0.1) is 11.9 Å². The van der Waals surface area contributed by atoms with Crippen molar-refractivity contribution >= 4 is 10.0 Å². The molecule has 122 valence electrons. The molecule has 0 spiro atoms. The minimum atomic E-state index is -3.53. The molecule has 0 aromatic heterocycles. The van der Waals surface area contributed by atoms with Gasteiger partial charge in [0.2, 0.25) is 10.0 Å². The minimum absolute atomic E-state index is 0.164. The van der Waals surface area contributed by atoms with Crippen LogP contribution in [0.15, 0.2) is 54.6 Å². The number of ether oxygens (including phenoxy) is 1. The summed E-state index contributed by atoms with van der Waals surface area (Å²) >= 11 is 0. The molecule has 4 nitrogen and oxygen atoms in total. The zero-order chi connectivity index (χ0) is 16.4. The number of sulfonamides is 1. The monoisotopic (exact) mass is 335 g/mol. The lowest BCUT2D eigenvalue weighted by molar-refractivity contribution is 0.0344. The summed E-state index contributed by atoms with van der Waals surface area (Å²) in [6.45, 7) is 2.01. The summed E-state index contributed by atoms with van der Waals surface area (Å²) in [6, 6.07) is 15.1. The van der Waals surface area contributed by atoms with Crippen LogP contribution in [0.25, 0.3) is 0 Å². The predicted molar refractivity (Wildman–Crippen MR) is 85.5 cm³/mol. The molecule has 1 aliphatic heterocycles. The van der Waals surface area contributed by atoms with Gasteiger partial charge < -0.3 is 4.74 Å². The fraction of sp³-hybridized carbons (Fsp3) is 0.294. The summed E-state index contributed by atoms with van der Waals surface area (Å²) in [7, 11) is -3.53. The zero-order valence-electron chi connectivity index (χ0n) is 12.7. The Morgan fingerprint density at radius 2 is 1.78 bits per heavy atom. The third-order valence-corrected chi connectivity index (χ3v) is 5.76. The second-order valence-corrected chi connectivity index (χ2v) is 7.51. The zero-order valence-corrected chi connectivity index (χ0v) is 13.5. The van der Waals surface area contributed by atoms with Crippen LogP contribution in [-0.4, -0.2) is 25.5 Å². The van der Waals surface area contributed by atoms with E-state index in [2.05, 4.69) is 0 Å². The van der Waals surface area contributed by atoms with E-state index in [4.69, 9.17) is 4.74 Å². The average Bonchev–Trinajstić information content (AvgIpc) is 2.93. The summed E-state index contributed by atoms with van der Waals surface area (Å²) in [4.78, 5) is 0. The molecule has 0 radical (unpaired) electrons. The molecule has 2 aromatic carbocycles. The molecule has 1 saturated heterocycles. The van der Waals surface area contributed by atoms with E-state index in [1.54, 1.807) is 6.92 Å². The van der Waals surface area contributed by atoms with E-state index in [0.717, 1.165) is 5.56 Å². The van der Waals surface area contributed by atoms with E-state index < -0.39 is 16.3 Å². The van der Waals surface area contributed by atoms with Crippen molar-refractivity contribution in [2.75, 3.05) is 6.54 Å². The van der Waals surface area contributed by atoms with Crippen LogP contribution in [0, 0.1) is 5.82 Å². The first-order valence-corrected chi connectivity index (χ1v) is 9.01. The van der Waals surface area contributed by atoms with Crippen LogP contribution in [0.5, 0.6) is 0 Å². The Morgan fingerprint density at radius 3 is 2.43 bits per heavy atom. The van der Waals surface area contributed by atoms with Crippen molar-refractivity contribution in [3.05, 3.63) is 71.5 Å². The number of benzene rings is 2. The van der Waals surface area contributed by atoms with Crippen molar-refractivity contribution < 1.29 is 17.5 Å². The molecule has 0 bridgehead atoms. The molecule has 23 heavy (non-hydrogen) atoms. The molecule has 6 heteroatoms. The van der Waals surface area contributed by atoms with E-state index in [9.17, 15) is 12.8 Å². The summed E-state index contributed by atoms with van der Waals surface area (Å²) < 4.78 is 45.4. The van der Waals surface area contributed by atoms with Crippen LogP contribution in [-0.2, 0) is 20.5 Å². The largest absolute Gasteiger partial charge is 0.353 e. The highest BCUT2D eigenvalue weighted by Crippen LogP contribution is 2.31. The van der Waals surface area contributed by atoms with Gasteiger partial charge in [-0.2, -0.15) is 4.31 Å². The van der Waals surface area contributed by atoms with E-state index in [1.165, 1.54) is 28.6 Å². The number of hydrogen-bond acceptors (Lipinski definition) is 3. The number of halogens is 1. The Morgan fingerprint density at radius 1 is 1.13 bits per heavy atom. The maximum atomic E-state index is 12.9. The van der Waals surface area contributed by atoms with Gasteiger partial charge in [0.25, 0.3) is 0 Å². The van der Waals surface area contributed by atoms with Gasteiger partial charge in [-0.15, -0.1) is 0 Å². The maximum absolute atomic E-state index is 12.9. The molecule has 0 aliphatic carbocycles. The molecular formula is C17H18FNO3S. The molecule has 0 saturated carbocycles. The van der Waals surface area contributed by atoms with Crippen molar-refractivity contribution in [3.63, 3.8) is 0 Å². The predicted octanol–water partition coefficient (Wildman–Crippen LogP) is 3.08. The number of hydrogen-bond donors (Lipinski definition) is 0. The summed E-state index contributed by atoms with van der Waals surface area (Å²) in [5.41, 5.74) is 1.51. The fourth-order valence-electron chi connectivity index (χ4n) is 2.73. The van der Waals surface area contributed by atoms with Gasteiger partial charge in [-0.05, 0) is 30.2 Å². The molecule has 2 unspecified atom stereocenters. The van der Waals surface area contributed by atoms with E-state index in [1.807, 2.05) is 30.3 Å². The lowest BCUT2D eigenvalue weighted by Gasteiger charge is -2.19. The van der Waals surface area contributed by atoms with Crippen LogP contribution in [0.2, 0.25) is 0 Å². The highest BCUT2D eigenvalue weighted by Gasteiger charge is 2.38. The first kappa shape index (κ1) is 16.1. The lowest BCUT2D eigenvalue weighted by Crippen LogP contribution is -2.35. The van der Waals surface area contributed by atoms with Crippen LogP contribution in [0.3, 0.4) is 0 Å². The quantitative estimate of drug-likeness (QED) is 0.863. The van der Waals surface area contributed by atoms with E-state index in [-0.39, 0.29) is 24.2 Å². The van der Waals surface area contributed by atoms with Crippen LogP contribution in [0.4, 0.5) is 4.39 Å². The normalized spacial score (nSPS) is 22.3. The van der Waals surface area contributed by atoms with Crippen molar-refractivity contribution in [2.45, 2.75) is 25.0 Å². The summed E-state index contributed by atoms with van der Waals surface area (Å²) in [5.74, 6) is -0.546. The van der Waals surface area contributed by atoms with Gasteiger partial charge in [0.1, 0.15) is 12.0 Å². The molecule has 1 heterocycles. The first-order chi connectivity index (χ1) is 11.0. The Labute approximate surface area is 135 Å². The number of nitrogens with zero attached hydrogens (tertiary/aromatic N) is 1. The highest BCUT2D eigenvalue weighted by molar-refractivity contribution is 7.88. The molecular weight excluding hydrogens is 317 g/mol. The molecule has 1 fully saturated rings. The van der Waals surface area contributed by atoms with Crippen molar-refractivity contribution in [2.24, 2.45) is 0 Å². The van der Waals surface area contributed by atoms with E-state index in [0.29, 0.717) is 5.56 Å². The molecule has 0 N–H and O–H groups in total. The SMILES string of the molecule is CC1OC(c2ccccc2)CN1S(=O)(=O)Cc1ccc(F)cc1.